The van der Waals surface area contributed by atoms with Gasteiger partial charge in [0.05, 0.1) is 0 Å². The third-order valence-corrected chi connectivity index (χ3v) is 1.47. The van der Waals surface area contributed by atoms with Gasteiger partial charge in [0.15, 0.2) is 11.5 Å². The number of aromatic hydroxyl groups is 2. The Morgan fingerprint density at radius 2 is 1.85 bits per heavy atom. The van der Waals surface area contributed by atoms with E-state index >= 15 is 0 Å². The summed E-state index contributed by atoms with van der Waals surface area (Å²) in [5, 5.41) is 18.0. The van der Waals surface area contributed by atoms with Gasteiger partial charge in [0.25, 0.3) is 0 Å². The molecular weight excluding hydrogens is 238 g/mol. The van der Waals surface area contributed by atoms with Crippen molar-refractivity contribution in [1.82, 2.24) is 0 Å². The normalized spacial score (nSPS) is 8.85. The summed E-state index contributed by atoms with van der Waals surface area (Å²) in [6, 6.07) is 4.71. The fraction of sp³-hybridized carbons (Fsp3) is 0.250. The molecule has 0 spiro atoms. The van der Waals surface area contributed by atoms with Crippen molar-refractivity contribution in [1.29, 1.82) is 0 Å². The average Bonchev–Trinajstić information content (AvgIpc) is 2.15. The van der Waals surface area contributed by atoms with Crippen LogP contribution in [0.1, 0.15) is 5.56 Å². The Morgan fingerprint density at radius 3 is 2.31 bits per heavy atom. The first-order valence-corrected chi connectivity index (χ1v) is 4.97. The molecule has 0 bridgehead atoms. The zero-order valence-corrected chi connectivity index (χ0v) is 8.59. The number of nitrogens with two attached hydrogens (primary N) is 1. The maximum atomic E-state index is 9.04. The Kier molecular flexibility index (Phi) is 6.72. The van der Waals surface area contributed by atoms with Gasteiger partial charge in [-0.15, -0.1) is 0 Å². The standard InChI is InChI=1S/C8H11NO2.Cu.S/c9-4-3-6-1-2-7(10)8(11)5-6;;/h1-2,5,10-11H,3-4,9H2;;. The van der Waals surface area contributed by atoms with Gasteiger partial charge in [-0.3, -0.25) is 0 Å². The van der Waals surface area contributed by atoms with Crippen molar-refractivity contribution in [3.63, 3.8) is 0 Å². The number of phenols is 2. The molecule has 5 heteroatoms. The van der Waals surface area contributed by atoms with Crippen LogP contribution in [-0.2, 0) is 20.8 Å². The molecule has 0 aliphatic heterocycles. The van der Waals surface area contributed by atoms with Crippen LogP contribution in [0, 0.1) is 0 Å². The first-order valence-electron chi connectivity index (χ1n) is 3.57. The van der Waals surface area contributed by atoms with Gasteiger partial charge in [-0.1, -0.05) is 6.07 Å². The van der Waals surface area contributed by atoms with Crippen LogP contribution in [-0.4, -0.2) is 16.8 Å². The molecular formula is C8H11CuNO2S. The quantitative estimate of drug-likeness (QED) is 0.544. The average molecular weight is 249 g/mol. The summed E-state index contributed by atoms with van der Waals surface area (Å²) < 4.78 is 0. The van der Waals surface area contributed by atoms with Crippen LogP contribution in [0.4, 0.5) is 0 Å². The van der Waals surface area contributed by atoms with Crippen LogP contribution >= 0.6 is 10.6 Å². The van der Waals surface area contributed by atoms with Crippen molar-refractivity contribution >= 4 is 10.6 Å². The number of hydrogen-bond acceptors (Lipinski definition) is 4. The maximum absolute atomic E-state index is 9.04. The molecule has 0 aromatic heterocycles. The van der Waals surface area contributed by atoms with Crippen LogP contribution in [0.15, 0.2) is 18.2 Å². The first kappa shape index (κ1) is 12.5. The molecule has 0 saturated carbocycles. The van der Waals surface area contributed by atoms with Gasteiger partial charge >= 0.3 is 24.9 Å². The molecule has 0 unspecified atom stereocenters. The van der Waals surface area contributed by atoms with E-state index in [9.17, 15) is 0 Å². The number of benzene rings is 1. The van der Waals surface area contributed by atoms with Crippen molar-refractivity contribution in [2.75, 3.05) is 6.54 Å². The second-order valence-electron chi connectivity index (χ2n) is 2.36. The van der Waals surface area contributed by atoms with Crippen LogP contribution in [0.2, 0.25) is 0 Å². The third kappa shape index (κ3) is 4.33. The summed E-state index contributed by atoms with van der Waals surface area (Å²) in [6.07, 6.45) is 0.716. The zero-order chi connectivity index (χ0) is 10.3. The summed E-state index contributed by atoms with van der Waals surface area (Å²) >= 11 is 3.77. The van der Waals surface area contributed by atoms with Gasteiger partial charge in [0, 0.05) is 0 Å². The van der Waals surface area contributed by atoms with E-state index in [2.05, 4.69) is 24.9 Å². The summed E-state index contributed by atoms with van der Waals surface area (Å²) in [4.78, 5) is 0. The van der Waals surface area contributed by atoms with Crippen molar-refractivity contribution in [3.05, 3.63) is 23.8 Å². The Bertz CT molecular complexity index is 270. The molecule has 1 aromatic carbocycles. The minimum atomic E-state index is -0.0919. The van der Waals surface area contributed by atoms with E-state index in [1.54, 1.807) is 6.07 Å². The Morgan fingerprint density at radius 1 is 1.23 bits per heavy atom. The van der Waals surface area contributed by atoms with Gasteiger partial charge in [0.1, 0.15) is 0 Å². The van der Waals surface area contributed by atoms with Crippen molar-refractivity contribution < 1.29 is 24.6 Å². The molecule has 0 saturated heterocycles. The van der Waals surface area contributed by atoms with E-state index in [-0.39, 0.29) is 11.5 Å². The Hall–Kier alpha value is -0.481. The molecule has 0 fully saturated rings. The molecule has 0 radical (unpaired) electrons. The number of rotatable bonds is 2. The second kappa shape index (κ2) is 6.97. The molecule has 3 nitrogen and oxygen atoms in total. The van der Waals surface area contributed by atoms with E-state index in [4.69, 9.17) is 15.9 Å². The van der Waals surface area contributed by atoms with Gasteiger partial charge in [0.2, 0.25) is 0 Å². The van der Waals surface area contributed by atoms with E-state index in [0.717, 1.165) is 5.56 Å². The molecule has 77 valence electrons. The van der Waals surface area contributed by atoms with Gasteiger partial charge in [-0.2, -0.15) is 0 Å². The monoisotopic (exact) mass is 248 g/mol. The molecule has 13 heavy (non-hydrogen) atoms. The van der Waals surface area contributed by atoms with Gasteiger partial charge in [-0.05, 0) is 30.7 Å². The SMILES string of the molecule is NCCc1ccc(O)c(O)c1.[S]=[Cu]. The van der Waals surface area contributed by atoms with E-state index in [0.29, 0.717) is 13.0 Å². The first-order chi connectivity index (χ1) is 6.24. The topological polar surface area (TPSA) is 66.5 Å². The van der Waals surface area contributed by atoms with Crippen LogP contribution < -0.4 is 5.73 Å². The Balaban J connectivity index is 0.000000671. The van der Waals surface area contributed by atoms with Crippen molar-refractivity contribution in [3.8, 4) is 11.5 Å². The minimum absolute atomic E-state index is 0.0871. The molecule has 0 heterocycles. The molecule has 0 atom stereocenters. The fourth-order valence-corrected chi connectivity index (χ4v) is 0.891. The predicted octanol–water partition coefficient (Wildman–Crippen LogP) is 1.24. The van der Waals surface area contributed by atoms with Crippen molar-refractivity contribution in [2.24, 2.45) is 5.73 Å². The van der Waals surface area contributed by atoms with E-state index in [1.807, 2.05) is 0 Å². The molecule has 0 aliphatic carbocycles. The summed E-state index contributed by atoms with van der Waals surface area (Å²) in [5.74, 6) is -0.179. The van der Waals surface area contributed by atoms with Gasteiger partial charge < -0.3 is 15.9 Å². The summed E-state index contributed by atoms with van der Waals surface area (Å²) in [6.45, 7) is 0.546. The molecule has 0 amide bonds. The molecule has 4 N–H and O–H groups in total. The third-order valence-electron chi connectivity index (χ3n) is 1.47. The van der Waals surface area contributed by atoms with Crippen LogP contribution in [0.3, 0.4) is 0 Å². The second-order valence-corrected chi connectivity index (χ2v) is 2.36. The predicted molar refractivity (Wildman–Crippen MR) is 50.1 cm³/mol. The fourth-order valence-electron chi connectivity index (χ4n) is 0.891. The van der Waals surface area contributed by atoms with Gasteiger partial charge in [-0.25, -0.2) is 0 Å². The Labute approximate surface area is 89.2 Å². The molecule has 1 aromatic rings. The van der Waals surface area contributed by atoms with Crippen molar-refractivity contribution in [2.45, 2.75) is 6.42 Å². The molecule has 1 rings (SSSR count). The summed E-state index contributed by atoms with van der Waals surface area (Å²) in [7, 11) is 3.65. The van der Waals surface area contributed by atoms with Crippen LogP contribution in [0.5, 0.6) is 11.5 Å². The zero-order valence-electron chi connectivity index (χ0n) is 6.83. The van der Waals surface area contributed by atoms with E-state index in [1.165, 1.54) is 12.1 Å². The van der Waals surface area contributed by atoms with Crippen LogP contribution in [0.25, 0.3) is 0 Å². The van der Waals surface area contributed by atoms with E-state index < -0.39 is 0 Å². The summed E-state index contributed by atoms with van der Waals surface area (Å²) in [5.41, 5.74) is 6.24. The molecule has 0 aliphatic rings. The number of phenolic OH excluding ortho intramolecular Hbond substituents is 2. The number of hydrogen-bond donors (Lipinski definition) is 3.